The molecule has 0 aliphatic rings. The molecule has 6 rings (SSSR count). The van der Waals surface area contributed by atoms with Crippen molar-refractivity contribution in [2.75, 3.05) is 0 Å². The number of fused-ring (bicyclic) bond motifs is 2. The Labute approximate surface area is 243 Å². The highest BCUT2D eigenvalue weighted by molar-refractivity contribution is 7.90. The average Bonchev–Trinajstić information content (AvgIpc) is 3.35. The highest BCUT2D eigenvalue weighted by Gasteiger charge is 2.26. The van der Waals surface area contributed by atoms with E-state index < -0.39 is 15.9 Å². The smallest absolute Gasteiger partial charge is 0.265 e. The molecule has 1 atom stereocenters. The van der Waals surface area contributed by atoms with Crippen molar-refractivity contribution in [3.05, 3.63) is 125 Å². The van der Waals surface area contributed by atoms with E-state index in [1.54, 1.807) is 30.3 Å². The molecule has 0 saturated carbocycles. The van der Waals surface area contributed by atoms with Crippen molar-refractivity contribution in [2.45, 2.75) is 31.8 Å². The van der Waals surface area contributed by atoms with Crippen molar-refractivity contribution >= 4 is 37.8 Å². The number of nitrogens with one attached hydrogen (secondary N) is 1. The molecular weight excluding hydrogens is 548 g/mol. The minimum absolute atomic E-state index is 0.0181. The third-order valence-corrected chi connectivity index (χ3v) is 8.65. The van der Waals surface area contributed by atoms with Crippen molar-refractivity contribution in [1.82, 2.24) is 9.71 Å². The van der Waals surface area contributed by atoms with Crippen LogP contribution >= 0.6 is 0 Å². The van der Waals surface area contributed by atoms with Crippen LogP contribution in [0.3, 0.4) is 0 Å². The van der Waals surface area contributed by atoms with Crippen LogP contribution < -0.4 is 9.46 Å². The van der Waals surface area contributed by atoms with Crippen LogP contribution in [-0.4, -0.2) is 19.3 Å². The number of amides is 1. The summed E-state index contributed by atoms with van der Waals surface area (Å²) in [6.45, 7) is 5.73. The van der Waals surface area contributed by atoms with Gasteiger partial charge in [-0.25, -0.2) is 18.1 Å². The van der Waals surface area contributed by atoms with Gasteiger partial charge in [-0.2, -0.15) is 0 Å². The fourth-order valence-electron chi connectivity index (χ4n) is 5.07. The van der Waals surface area contributed by atoms with E-state index in [1.807, 2.05) is 81.4 Å². The lowest BCUT2D eigenvalue weighted by Crippen LogP contribution is -2.31. The third-order valence-electron chi connectivity index (χ3n) is 7.30. The number of aromatic nitrogens is 1. The predicted molar refractivity (Wildman–Crippen MR) is 163 cm³/mol. The first-order valence-corrected chi connectivity index (χ1v) is 15.0. The Morgan fingerprint density at radius 3 is 2.26 bits per heavy atom. The number of ether oxygens (including phenoxy) is 1. The molecule has 1 N–H and O–H groups in total. The first-order valence-electron chi connectivity index (χ1n) is 13.5. The maximum Gasteiger partial charge on any atom is 0.265 e. The average molecular weight is 577 g/mol. The Morgan fingerprint density at radius 1 is 0.881 bits per heavy atom. The van der Waals surface area contributed by atoms with Gasteiger partial charge in [-0.1, -0.05) is 72.8 Å². The van der Waals surface area contributed by atoms with Gasteiger partial charge in [0, 0.05) is 10.9 Å². The Kier molecular flexibility index (Phi) is 7.00. The molecule has 42 heavy (non-hydrogen) atoms. The van der Waals surface area contributed by atoms with E-state index in [-0.39, 0.29) is 16.6 Å². The number of nitrogens with zero attached hydrogens (tertiary/aromatic N) is 1. The molecule has 0 aliphatic heterocycles. The first kappa shape index (κ1) is 27.2. The number of benzene rings is 4. The van der Waals surface area contributed by atoms with Gasteiger partial charge in [0.05, 0.1) is 21.4 Å². The standard InChI is InChI=1S/C34H28N2O5S/c1-21-18-19-30(40-23(3)24-12-6-4-7-13-24)31-27(34(37)36-42(38,39)25-14-8-5-9-15-25)20-28(35-32(21)31)33-22(2)26-16-10-11-17-29(26)41-33/h4-20,23H,1-3H3,(H,36,37). The zero-order valence-electron chi connectivity index (χ0n) is 23.3. The fraction of sp³-hybridized carbons (Fsp3) is 0.118. The van der Waals surface area contributed by atoms with Crippen LogP contribution in [0.2, 0.25) is 0 Å². The number of hydrogen-bond acceptors (Lipinski definition) is 6. The minimum atomic E-state index is -4.16. The highest BCUT2D eigenvalue weighted by Crippen LogP contribution is 2.38. The molecule has 8 heteroatoms. The first-order chi connectivity index (χ1) is 20.2. The van der Waals surface area contributed by atoms with E-state index in [2.05, 4.69) is 4.72 Å². The summed E-state index contributed by atoms with van der Waals surface area (Å²) in [5, 5.41) is 1.34. The Balaban J connectivity index is 1.55. The molecule has 0 aliphatic carbocycles. The van der Waals surface area contributed by atoms with E-state index in [0.29, 0.717) is 33.7 Å². The quantitative estimate of drug-likeness (QED) is 0.211. The van der Waals surface area contributed by atoms with Crippen molar-refractivity contribution in [2.24, 2.45) is 0 Å². The van der Waals surface area contributed by atoms with Crippen molar-refractivity contribution < 1.29 is 22.4 Å². The summed E-state index contributed by atoms with van der Waals surface area (Å²) in [5.74, 6) is 0.111. The second-order valence-corrected chi connectivity index (χ2v) is 11.8. The number of carbonyl (C=O) groups excluding carboxylic acids is 1. The number of hydrogen-bond donors (Lipinski definition) is 1. The Hall–Kier alpha value is -4.95. The summed E-state index contributed by atoms with van der Waals surface area (Å²) < 4.78 is 41.2. The molecule has 0 spiro atoms. The second kappa shape index (κ2) is 10.8. The minimum Gasteiger partial charge on any atom is -0.485 e. The van der Waals surface area contributed by atoms with Gasteiger partial charge >= 0.3 is 0 Å². The summed E-state index contributed by atoms with van der Waals surface area (Å²) in [4.78, 5) is 18.8. The maximum atomic E-state index is 13.9. The lowest BCUT2D eigenvalue weighted by Gasteiger charge is -2.19. The Morgan fingerprint density at radius 2 is 1.55 bits per heavy atom. The van der Waals surface area contributed by atoms with Crippen LogP contribution in [0.25, 0.3) is 33.3 Å². The van der Waals surface area contributed by atoms with Crippen molar-refractivity contribution in [3.8, 4) is 17.2 Å². The summed E-state index contributed by atoms with van der Waals surface area (Å²) in [6, 6.07) is 30.4. The van der Waals surface area contributed by atoms with Crippen molar-refractivity contribution in [3.63, 3.8) is 0 Å². The van der Waals surface area contributed by atoms with Gasteiger partial charge < -0.3 is 9.15 Å². The molecule has 210 valence electrons. The van der Waals surface area contributed by atoms with Gasteiger partial charge in [0.2, 0.25) is 0 Å². The summed E-state index contributed by atoms with van der Waals surface area (Å²) in [6.07, 6.45) is -0.349. The maximum absolute atomic E-state index is 13.9. The predicted octanol–water partition coefficient (Wildman–Crippen LogP) is 7.52. The van der Waals surface area contributed by atoms with E-state index in [4.69, 9.17) is 14.1 Å². The molecule has 1 unspecified atom stereocenters. The Bertz CT molecular complexity index is 2050. The largest absolute Gasteiger partial charge is 0.485 e. The van der Waals surface area contributed by atoms with E-state index >= 15 is 0 Å². The normalized spacial score (nSPS) is 12.4. The summed E-state index contributed by atoms with van der Waals surface area (Å²) in [5.41, 5.74) is 4.32. The van der Waals surface area contributed by atoms with Crippen LogP contribution in [0, 0.1) is 13.8 Å². The van der Waals surface area contributed by atoms with Crippen LogP contribution in [0.5, 0.6) is 5.75 Å². The second-order valence-electron chi connectivity index (χ2n) is 10.1. The SMILES string of the molecule is Cc1c(-c2cc(C(=O)NS(=O)(=O)c3ccccc3)c3c(OC(C)c4ccccc4)ccc(C)c3n2)oc2ccccc12. The topological polar surface area (TPSA) is 98.5 Å². The molecule has 6 aromatic rings. The van der Waals surface area contributed by atoms with Gasteiger partial charge in [-0.15, -0.1) is 0 Å². The zero-order valence-corrected chi connectivity index (χ0v) is 24.1. The number of pyridine rings is 1. The van der Waals surface area contributed by atoms with E-state index in [0.717, 1.165) is 22.1 Å². The number of carbonyl (C=O) groups is 1. The number of para-hydroxylation sites is 1. The van der Waals surface area contributed by atoms with Crippen LogP contribution in [-0.2, 0) is 10.0 Å². The molecule has 7 nitrogen and oxygen atoms in total. The molecular formula is C34H28N2O5S. The van der Waals surface area contributed by atoms with Crippen molar-refractivity contribution in [1.29, 1.82) is 0 Å². The molecule has 0 fully saturated rings. The lowest BCUT2D eigenvalue weighted by molar-refractivity contribution is 0.0982. The molecule has 4 aromatic carbocycles. The number of sulfonamides is 1. The molecule has 0 saturated heterocycles. The number of furan rings is 1. The van der Waals surface area contributed by atoms with E-state index in [9.17, 15) is 13.2 Å². The molecule has 2 aromatic heterocycles. The number of rotatable bonds is 7. The molecule has 2 heterocycles. The zero-order chi connectivity index (χ0) is 29.4. The van der Waals surface area contributed by atoms with Gasteiger partial charge in [-0.3, -0.25) is 4.79 Å². The number of aryl methyl sites for hydroxylation is 2. The molecule has 0 bridgehead atoms. The van der Waals surface area contributed by atoms with Gasteiger partial charge in [-0.05, 0) is 62.2 Å². The van der Waals surface area contributed by atoms with Crippen LogP contribution in [0.4, 0.5) is 0 Å². The highest BCUT2D eigenvalue weighted by atomic mass is 32.2. The summed E-state index contributed by atoms with van der Waals surface area (Å²) >= 11 is 0. The van der Waals surface area contributed by atoms with Gasteiger partial charge in [0.1, 0.15) is 23.1 Å². The molecule has 0 radical (unpaired) electrons. The van der Waals surface area contributed by atoms with E-state index in [1.165, 1.54) is 12.1 Å². The van der Waals surface area contributed by atoms with Crippen LogP contribution in [0.15, 0.2) is 112 Å². The third kappa shape index (κ3) is 5.01. The van der Waals surface area contributed by atoms with Crippen LogP contribution in [0.1, 0.15) is 40.1 Å². The van der Waals surface area contributed by atoms with Gasteiger partial charge in [0.15, 0.2) is 5.76 Å². The summed E-state index contributed by atoms with van der Waals surface area (Å²) in [7, 11) is -4.16. The molecule has 1 amide bonds. The monoisotopic (exact) mass is 576 g/mol. The lowest BCUT2D eigenvalue weighted by atomic mass is 10.0. The fourth-order valence-corrected chi connectivity index (χ4v) is 6.06. The van der Waals surface area contributed by atoms with Gasteiger partial charge in [0.25, 0.3) is 15.9 Å².